The molecule has 4 heterocycles. The van der Waals surface area contributed by atoms with Crippen LogP contribution in [0.5, 0.6) is 5.75 Å². The molecule has 3 aromatic heterocycles. The second kappa shape index (κ2) is 10.4. The summed E-state index contributed by atoms with van der Waals surface area (Å²) in [5.74, 6) is 1.24. The van der Waals surface area contributed by atoms with Crippen LogP contribution in [0, 0.1) is 0 Å². The van der Waals surface area contributed by atoms with Crippen molar-refractivity contribution in [2.75, 3.05) is 31.6 Å². The van der Waals surface area contributed by atoms with Crippen molar-refractivity contribution in [3.63, 3.8) is 0 Å². The first-order chi connectivity index (χ1) is 15.2. The monoisotopic (exact) mass is 441 g/mol. The third kappa shape index (κ3) is 6.04. The second-order valence-electron chi connectivity index (χ2n) is 7.17. The van der Waals surface area contributed by atoms with E-state index in [0.29, 0.717) is 22.5 Å². The van der Waals surface area contributed by atoms with Crippen LogP contribution in [0.15, 0.2) is 59.8 Å². The Balaban J connectivity index is 1.30. The number of nitrogens with one attached hydrogen (secondary N) is 2. The molecule has 1 aliphatic rings. The summed E-state index contributed by atoms with van der Waals surface area (Å²) in [6.07, 6.45) is 5.96. The van der Waals surface area contributed by atoms with Crippen molar-refractivity contribution < 1.29 is 9.47 Å². The molecule has 0 bridgehead atoms. The minimum Gasteiger partial charge on any atom is -0.487 e. The molecule has 1 aliphatic heterocycles. The second-order valence-corrected chi connectivity index (χ2v) is 7.61. The molecule has 9 heteroatoms. The van der Waals surface area contributed by atoms with E-state index in [1.54, 1.807) is 36.8 Å². The van der Waals surface area contributed by atoms with Gasteiger partial charge in [0.05, 0.1) is 29.2 Å². The maximum absolute atomic E-state index is 12.5. The SMILES string of the molecule is O=c1cc(OCc2ccc(Cl)cn2)ccn1-c1ccc(NCCNC2CCOC2)nc1. The zero-order valence-electron chi connectivity index (χ0n) is 17.0. The van der Waals surface area contributed by atoms with Crippen LogP contribution in [0.3, 0.4) is 0 Å². The summed E-state index contributed by atoms with van der Waals surface area (Å²) < 4.78 is 12.5. The molecule has 1 unspecified atom stereocenters. The van der Waals surface area contributed by atoms with Crippen molar-refractivity contribution in [3.8, 4) is 11.4 Å². The zero-order valence-corrected chi connectivity index (χ0v) is 17.7. The molecular weight excluding hydrogens is 418 g/mol. The summed E-state index contributed by atoms with van der Waals surface area (Å²) in [5.41, 5.74) is 1.21. The van der Waals surface area contributed by atoms with Gasteiger partial charge in [0.25, 0.3) is 5.56 Å². The molecular formula is C22H24ClN5O3. The van der Waals surface area contributed by atoms with Gasteiger partial charge in [0.2, 0.25) is 0 Å². The lowest BCUT2D eigenvalue weighted by molar-refractivity contribution is 0.190. The summed E-state index contributed by atoms with van der Waals surface area (Å²) in [6.45, 7) is 3.47. The van der Waals surface area contributed by atoms with Crippen LogP contribution in [0.2, 0.25) is 5.02 Å². The summed E-state index contributed by atoms with van der Waals surface area (Å²) in [4.78, 5) is 21.1. The smallest absolute Gasteiger partial charge is 0.258 e. The van der Waals surface area contributed by atoms with E-state index < -0.39 is 0 Å². The minimum atomic E-state index is -0.202. The van der Waals surface area contributed by atoms with E-state index in [1.165, 1.54) is 10.6 Å². The van der Waals surface area contributed by atoms with Gasteiger partial charge >= 0.3 is 0 Å². The first kappa shape index (κ1) is 21.3. The van der Waals surface area contributed by atoms with E-state index in [9.17, 15) is 4.79 Å². The highest BCUT2D eigenvalue weighted by atomic mass is 35.5. The van der Waals surface area contributed by atoms with Gasteiger partial charge in [-0.05, 0) is 36.8 Å². The fourth-order valence-corrected chi connectivity index (χ4v) is 3.32. The normalized spacial score (nSPS) is 15.7. The fraction of sp³-hybridized carbons (Fsp3) is 0.318. The largest absolute Gasteiger partial charge is 0.487 e. The van der Waals surface area contributed by atoms with Gasteiger partial charge in [-0.3, -0.25) is 14.3 Å². The van der Waals surface area contributed by atoms with Gasteiger partial charge < -0.3 is 20.1 Å². The predicted molar refractivity (Wildman–Crippen MR) is 119 cm³/mol. The molecule has 31 heavy (non-hydrogen) atoms. The van der Waals surface area contributed by atoms with Crippen LogP contribution in [0.25, 0.3) is 5.69 Å². The number of hydrogen-bond donors (Lipinski definition) is 2. The van der Waals surface area contributed by atoms with Crippen LogP contribution >= 0.6 is 11.6 Å². The van der Waals surface area contributed by atoms with Crippen LogP contribution in [-0.4, -0.2) is 46.9 Å². The highest BCUT2D eigenvalue weighted by molar-refractivity contribution is 6.30. The molecule has 3 aromatic rings. The number of pyridine rings is 3. The van der Waals surface area contributed by atoms with Crippen molar-refractivity contribution in [1.29, 1.82) is 0 Å². The molecule has 8 nitrogen and oxygen atoms in total. The van der Waals surface area contributed by atoms with E-state index >= 15 is 0 Å². The number of ether oxygens (including phenoxy) is 2. The number of halogens is 1. The first-order valence-electron chi connectivity index (χ1n) is 10.1. The maximum atomic E-state index is 12.5. The molecule has 0 amide bonds. The highest BCUT2D eigenvalue weighted by Crippen LogP contribution is 2.13. The van der Waals surface area contributed by atoms with Gasteiger partial charge in [0.1, 0.15) is 18.2 Å². The number of rotatable bonds is 9. The van der Waals surface area contributed by atoms with E-state index in [1.807, 2.05) is 12.1 Å². The summed E-state index contributed by atoms with van der Waals surface area (Å²) >= 11 is 5.83. The van der Waals surface area contributed by atoms with Gasteiger partial charge in [-0.1, -0.05) is 11.6 Å². The Labute approximate surface area is 185 Å². The molecule has 1 atom stereocenters. The van der Waals surface area contributed by atoms with Gasteiger partial charge in [-0.15, -0.1) is 0 Å². The standard InChI is InChI=1S/C22H24ClN5O3/c23-16-1-2-17(26-12-16)15-31-20-5-9-28(22(29)11-20)19-3-4-21(27-13-19)25-8-7-24-18-6-10-30-14-18/h1-5,9,11-13,18,24H,6-8,10,14-15H2,(H,25,27). The van der Waals surface area contributed by atoms with Crippen LogP contribution in [0.1, 0.15) is 12.1 Å². The number of aromatic nitrogens is 3. The Bertz CT molecular complexity index is 1030. The lowest BCUT2D eigenvalue weighted by Crippen LogP contribution is -2.33. The molecule has 0 spiro atoms. The van der Waals surface area contributed by atoms with Crippen LogP contribution in [-0.2, 0) is 11.3 Å². The molecule has 0 saturated carbocycles. The quantitative estimate of drug-likeness (QED) is 0.493. The van der Waals surface area contributed by atoms with Crippen molar-refractivity contribution in [2.24, 2.45) is 0 Å². The molecule has 0 radical (unpaired) electrons. The number of nitrogens with zero attached hydrogens (tertiary/aromatic N) is 3. The summed E-state index contributed by atoms with van der Waals surface area (Å²) in [5, 5.41) is 7.28. The van der Waals surface area contributed by atoms with Crippen molar-refractivity contribution >= 4 is 17.4 Å². The third-order valence-electron chi connectivity index (χ3n) is 4.89. The molecule has 0 aromatic carbocycles. The van der Waals surface area contributed by atoms with Crippen molar-refractivity contribution in [1.82, 2.24) is 19.9 Å². The van der Waals surface area contributed by atoms with E-state index in [-0.39, 0.29) is 12.2 Å². The summed E-state index contributed by atoms with van der Waals surface area (Å²) in [6, 6.07) is 10.9. The van der Waals surface area contributed by atoms with Crippen molar-refractivity contribution in [2.45, 2.75) is 19.1 Å². The van der Waals surface area contributed by atoms with Gasteiger partial charge in [0, 0.05) is 44.2 Å². The van der Waals surface area contributed by atoms with Crippen LogP contribution < -0.4 is 20.9 Å². The number of anilines is 1. The zero-order chi connectivity index (χ0) is 21.5. The Morgan fingerprint density at radius 2 is 2.10 bits per heavy atom. The van der Waals surface area contributed by atoms with E-state index in [2.05, 4.69) is 20.6 Å². The molecule has 2 N–H and O–H groups in total. The van der Waals surface area contributed by atoms with E-state index in [4.69, 9.17) is 21.1 Å². The maximum Gasteiger partial charge on any atom is 0.258 e. The molecule has 162 valence electrons. The average molecular weight is 442 g/mol. The first-order valence-corrected chi connectivity index (χ1v) is 10.5. The lowest BCUT2D eigenvalue weighted by atomic mass is 10.2. The third-order valence-corrected chi connectivity index (χ3v) is 5.11. The Hall–Kier alpha value is -2.94. The minimum absolute atomic E-state index is 0.202. The fourth-order valence-electron chi connectivity index (χ4n) is 3.21. The molecule has 1 fully saturated rings. The van der Waals surface area contributed by atoms with Crippen LogP contribution in [0.4, 0.5) is 5.82 Å². The predicted octanol–water partition coefficient (Wildman–Crippen LogP) is 2.65. The highest BCUT2D eigenvalue weighted by Gasteiger charge is 2.13. The topological polar surface area (TPSA) is 90.3 Å². The Morgan fingerprint density at radius 3 is 2.81 bits per heavy atom. The van der Waals surface area contributed by atoms with Crippen molar-refractivity contribution in [3.05, 3.63) is 76.1 Å². The average Bonchev–Trinajstić information content (AvgIpc) is 3.31. The van der Waals surface area contributed by atoms with Gasteiger partial charge in [-0.25, -0.2) is 4.98 Å². The molecule has 0 aliphatic carbocycles. The van der Waals surface area contributed by atoms with Gasteiger partial charge in [0.15, 0.2) is 0 Å². The summed E-state index contributed by atoms with van der Waals surface area (Å²) in [7, 11) is 0. The Morgan fingerprint density at radius 1 is 1.16 bits per heavy atom. The lowest BCUT2D eigenvalue weighted by Gasteiger charge is -2.12. The molecule has 4 rings (SSSR count). The van der Waals surface area contributed by atoms with Gasteiger partial charge in [-0.2, -0.15) is 0 Å². The number of hydrogen-bond acceptors (Lipinski definition) is 7. The molecule has 1 saturated heterocycles. The van der Waals surface area contributed by atoms with E-state index in [0.717, 1.165) is 44.2 Å². The Kier molecular flexibility index (Phi) is 7.14.